The number of aromatic nitrogens is 3. The first kappa shape index (κ1) is 14.7. The number of hydrogen-bond donors (Lipinski definition) is 1. The summed E-state index contributed by atoms with van der Waals surface area (Å²) in [7, 11) is 0. The van der Waals surface area contributed by atoms with Crippen molar-refractivity contribution in [3.05, 3.63) is 60.8 Å². The van der Waals surface area contributed by atoms with E-state index in [9.17, 15) is 0 Å². The van der Waals surface area contributed by atoms with Gasteiger partial charge >= 0.3 is 0 Å². The monoisotopic (exact) mass is 372 g/mol. The average Bonchev–Trinajstić information content (AvgIpc) is 3.07. The van der Waals surface area contributed by atoms with Crippen molar-refractivity contribution in [2.75, 3.05) is 5.73 Å². The van der Waals surface area contributed by atoms with E-state index in [4.69, 9.17) is 5.73 Å². The van der Waals surface area contributed by atoms with E-state index in [1.165, 1.54) is 0 Å². The molecule has 0 saturated carbocycles. The van der Waals surface area contributed by atoms with Gasteiger partial charge in [0.05, 0.1) is 11.9 Å². The van der Waals surface area contributed by atoms with E-state index in [0.29, 0.717) is 0 Å². The van der Waals surface area contributed by atoms with Crippen LogP contribution in [0.4, 0.5) is 5.69 Å². The maximum Gasteiger partial charge on any atom is 0.213 e. The van der Waals surface area contributed by atoms with Gasteiger partial charge in [-0.1, -0.05) is 53.8 Å². The van der Waals surface area contributed by atoms with E-state index in [0.717, 1.165) is 32.5 Å². The van der Waals surface area contributed by atoms with E-state index < -0.39 is 0 Å². The van der Waals surface area contributed by atoms with Gasteiger partial charge in [0.15, 0.2) is 0 Å². The van der Waals surface area contributed by atoms with E-state index in [-0.39, 0.29) is 17.0 Å². The molecule has 2 heterocycles. The first-order chi connectivity index (χ1) is 10.3. The molecule has 0 bridgehead atoms. The van der Waals surface area contributed by atoms with E-state index in [1.807, 2.05) is 53.2 Å². The van der Waals surface area contributed by atoms with Gasteiger partial charge in [-0.05, 0) is 12.1 Å². The van der Waals surface area contributed by atoms with Gasteiger partial charge in [-0.3, -0.25) is 0 Å². The molecule has 6 heteroatoms. The zero-order valence-corrected chi connectivity index (χ0v) is 14.0. The third kappa shape index (κ3) is 2.63. The lowest BCUT2D eigenvalue weighted by molar-refractivity contribution is 0.978. The molecule has 110 valence electrons. The van der Waals surface area contributed by atoms with Crippen LogP contribution in [0.1, 0.15) is 0 Å². The number of nitrogen functional groups attached to an aromatic ring is 1. The van der Waals surface area contributed by atoms with Crippen molar-refractivity contribution >= 4 is 39.0 Å². The summed E-state index contributed by atoms with van der Waals surface area (Å²) in [5, 5.41) is 5.57. The largest absolute Gasteiger partial charge is 0.399 e. The predicted molar refractivity (Wildman–Crippen MR) is 96.5 cm³/mol. The molecule has 2 aromatic heterocycles. The van der Waals surface area contributed by atoms with Crippen molar-refractivity contribution in [3.8, 4) is 21.8 Å². The predicted octanol–water partition coefficient (Wildman–Crippen LogP) is 4.28. The van der Waals surface area contributed by atoms with E-state index >= 15 is 0 Å². The Kier molecular flexibility index (Phi) is 3.96. The first-order valence-electron chi connectivity index (χ1n) is 6.57. The van der Waals surface area contributed by atoms with Gasteiger partial charge < -0.3 is 5.73 Å². The second-order valence-electron chi connectivity index (χ2n) is 4.75. The summed E-state index contributed by atoms with van der Waals surface area (Å²) in [5.41, 5.74) is 9.53. The number of nitrogens with zero attached hydrogens (tertiary/aromatic N) is 3. The maximum absolute atomic E-state index is 5.71. The number of imidazole rings is 1. The molecule has 22 heavy (non-hydrogen) atoms. The number of benzene rings is 2. The molecule has 0 spiro atoms. The molecular formula is C16H13BrN4S. The summed E-state index contributed by atoms with van der Waals surface area (Å²) < 4.78 is 1.83. The summed E-state index contributed by atoms with van der Waals surface area (Å²) >= 11 is 1.59. The Hall–Kier alpha value is -2.18. The van der Waals surface area contributed by atoms with E-state index in [2.05, 4.69) is 22.2 Å². The molecule has 2 aromatic carbocycles. The average molecular weight is 373 g/mol. The zero-order chi connectivity index (χ0) is 14.2. The molecule has 0 fully saturated rings. The Balaban J connectivity index is 0.00000144. The molecule has 0 saturated heterocycles. The minimum Gasteiger partial charge on any atom is -0.399 e. The highest BCUT2D eigenvalue weighted by Gasteiger charge is 2.10. The second kappa shape index (κ2) is 5.90. The molecule has 2 N–H and O–H groups in total. The molecule has 0 aliphatic heterocycles. The van der Waals surface area contributed by atoms with Crippen molar-refractivity contribution in [2.45, 2.75) is 0 Å². The van der Waals surface area contributed by atoms with Gasteiger partial charge in [0, 0.05) is 16.8 Å². The molecule has 4 rings (SSSR count). The number of anilines is 1. The number of fused-ring (bicyclic) bond motifs is 1. The van der Waals surface area contributed by atoms with Gasteiger partial charge in [0.2, 0.25) is 4.96 Å². The minimum atomic E-state index is 0. The number of rotatable bonds is 2. The SMILES string of the molecule is Br.Nc1ccc(-c2cn3nc(-c4ccccc4)sc3n2)cc1. The Morgan fingerprint density at radius 1 is 0.909 bits per heavy atom. The highest BCUT2D eigenvalue weighted by atomic mass is 79.9. The lowest BCUT2D eigenvalue weighted by atomic mass is 10.1. The van der Waals surface area contributed by atoms with Crippen LogP contribution in [0.5, 0.6) is 0 Å². The van der Waals surface area contributed by atoms with Gasteiger partial charge in [0.25, 0.3) is 0 Å². The normalized spacial score (nSPS) is 10.5. The van der Waals surface area contributed by atoms with Gasteiger partial charge in [-0.25, -0.2) is 9.50 Å². The van der Waals surface area contributed by atoms with Crippen LogP contribution < -0.4 is 5.73 Å². The summed E-state index contributed by atoms with van der Waals surface area (Å²) in [6.45, 7) is 0. The zero-order valence-electron chi connectivity index (χ0n) is 11.5. The summed E-state index contributed by atoms with van der Waals surface area (Å²) in [5.74, 6) is 0. The molecule has 0 radical (unpaired) electrons. The highest BCUT2D eigenvalue weighted by Crippen LogP contribution is 2.28. The fraction of sp³-hybridized carbons (Fsp3) is 0. The Bertz CT molecular complexity index is 865. The van der Waals surface area contributed by atoms with Crippen LogP contribution in [0.25, 0.3) is 26.8 Å². The van der Waals surface area contributed by atoms with E-state index in [1.54, 1.807) is 11.3 Å². The minimum absolute atomic E-state index is 0. The summed E-state index contributed by atoms with van der Waals surface area (Å²) in [6.07, 6.45) is 1.95. The lowest BCUT2D eigenvalue weighted by Crippen LogP contribution is -1.84. The topological polar surface area (TPSA) is 56.2 Å². The summed E-state index contributed by atoms with van der Waals surface area (Å²) in [4.78, 5) is 5.53. The van der Waals surface area contributed by atoms with Crippen molar-refractivity contribution in [1.29, 1.82) is 0 Å². The van der Waals surface area contributed by atoms with Gasteiger partial charge in [-0.2, -0.15) is 5.10 Å². The molecule has 0 atom stereocenters. The van der Waals surface area contributed by atoms with Gasteiger partial charge in [0.1, 0.15) is 5.01 Å². The fourth-order valence-electron chi connectivity index (χ4n) is 2.19. The Morgan fingerprint density at radius 2 is 1.64 bits per heavy atom. The van der Waals surface area contributed by atoms with Crippen LogP contribution in [-0.4, -0.2) is 14.6 Å². The number of hydrogen-bond acceptors (Lipinski definition) is 4. The van der Waals surface area contributed by atoms with Gasteiger partial charge in [-0.15, -0.1) is 17.0 Å². The second-order valence-corrected chi connectivity index (χ2v) is 5.70. The molecule has 0 unspecified atom stereocenters. The Morgan fingerprint density at radius 3 is 2.32 bits per heavy atom. The molecule has 0 amide bonds. The maximum atomic E-state index is 5.71. The smallest absolute Gasteiger partial charge is 0.213 e. The molecule has 0 aliphatic carbocycles. The van der Waals surface area contributed by atoms with Crippen LogP contribution in [0, 0.1) is 0 Å². The third-order valence-electron chi connectivity index (χ3n) is 3.27. The number of nitrogens with two attached hydrogens (primary N) is 1. The van der Waals surface area contributed by atoms with Crippen molar-refractivity contribution in [2.24, 2.45) is 0 Å². The highest BCUT2D eigenvalue weighted by molar-refractivity contribution is 8.93. The van der Waals surface area contributed by atoms with Crippen molar-refractivity contribution in [1.82, 2.24) is 14.6 Å². The van der Waals surface area contributed by atoms with Crippen molar-refractivity contribution < 1.29 is 0 Å². The van der Waals surface area contributed by atoms with Crippen LogP contribution in [0.3, 0.4) is 0 Å². The van der Waals surface area contributed by atoms with Crippen molar-refractivity contribution in [3.63, 3.8) is 0 Å². The first-order valence-corrected chi connectivity index (χ1v) is 7.39. The molecule has 0 aliphatic rings. The number of halogens is 1. The van der Waals surface area contributed by atoms with Crippen LogP contribution >= 0.6 is 28.3 Å². The Labute approximate surface area is 142 Å². The van der Waals surface area contributed by atoms with Crippen LogP contribution in [-0.2, 0) is 0 Å². The lowest BCUT2D eigenvalue weighted by Gasteiger charge is -1.96. The molecular weight excluding hydrogens is 360 g/mol. The quantitative estimate of drug-likeness (QED) is 0.534. The van der Waals surface area contributed by atoms with Crippen LogP contribution in [0.15, 0.2) is 60.8 Å². The van der Waals surface area contributed by atoms with Crippen LogP contribution in [0.2, 0.25) is 0 Å². The standard InChI is InChI=1S/C16H12N4S.BrH/c17-13-8-6-11(7-9-13)14-10-20-16(18-14)21-15(19-20)12-4-2-1-3-5-12;/h1-10H,17H2;1H. The fourth-order valence-corrected chi connectivity index (χ4v) is 3.08. The summed E-state index contributed by atoms with van der Waals surface area (Å²) in [6, 6.07) is 17.8. The molecule has 4 nitrogen and oxygen atoms in total. The third-order valence-corrected chi connectivity index (χ3v) is 4.24. The molecule has 4 aromatic rings.